The summed E-state index contributed by atoms with van der Waals surface area (Å²) in [6, 6.07) is 18.7. The molecule has 0 saturated heterocycles. The number of hydrogen-bond acceptors (Lipinski definition) is 5. The van der Waals surface area contributed by atoms with Crippen LogP contribution in [0.1, 0.15) is 25.5 Å². The normalized spacial score (nSPS) is 12.6. The molecule has 0 aliphatic heterocycles. The number of nitrogens with one attached hydrogen (secondary N) is 2. The van der Waals surface area contributed by atoms with Crippen molar-refractivity contribution in [1.82, 2.24) is 20.4 Å². The lowest BCUT2D eigenvalue weighted by molar-refractivity contribution is -0.125. The lowest BCUT2D eigenvalue weighted by atomic mass is 10.0. The number of amides is 2. The molecule has 2 N–H and O–H groups in total. The average Bonchev–Trinajstić information content (AvgIpc) is 3.29. The second-order valence-corrected chi connectivity index (χ2v) is 8.33. The first-order chi connectivity index (χ1) is 17.3. The van der Waals surface area contributed by atoms with E-state index in [1.54, 1.807) is 30.1 Å². The topological polar surface area (TPSA) is 94.5 Å². The van der Waals surface area contributed by atoms with E-state index in [1.807, 2.05) is 49.4 Å². The molecule has 0 aliphatic rings. The van der Waals surface area contributed by atoms with Crippen LogP contribution in [0.15, 0.2) is 72.9 Å². The Morgan fingerprint density at radius 3 is 2.56 bits per heavy atom. The van der Waals surface area contributed by atoms with E-state index in [-0.39, 0.29) is 24.2 Å². The third-order valence-electron chi connectivity index (χ3n) is 5.64. The van der Waals surface area contributed by atoms with Gasteiger partial charge < -0.3 is 20.1 Å². The number of ether oxygens (including phenoxy) is 2. The fourth-order valence-electron chi connectivity index (χ4n) is 3.88. The van der Waals surface area contributed by atoms with Gasteiger partial charge in [0.25, 0.3) is 0 Å². The van der Waals surface area contributed by atoms with Gasteiger partial charge in [-0.15, -0.1) is 0 Å². The summed E-state index contributed by atoms with van der Waals surface area (Å²) in [4.78, 5) is 23.5. The molecule has 2 amide bonds. The maximum atomic E-state index is 13.3. The molecule has 4 aromatic rings. The highest BCUT2D eigenvalue weighted by atomic mass is 19.1. The summed E-state index contributed by atoms with van der Waals surface area (Å²) in [5, 5.41) is 10.7. The smallest absolute Gasteiger partial charge is 0.239 e. The molecule has 4 rings (SSSR count). The van der Waals surface area contributed by atoms with Gasteiger partial charge in [0.1, 0.15) is 23.4 Å². The lowest BCUT2D eigenvalue weighted by Gasteiger charge is -2.27. The second-order valence-electron chi connectivity index (χ2n) is 8.33. The first-order valence-corrected chi connectivity index (χ1v) is 11.4. The molecule has 9 heteroatoms. The predicted molar refractivity (Wildman–Crippen MR) is 134 cm³/mol. The van der Waals surface area contributed by atoms with Crippen LogP contribution in [0.3, 0.4) is 0 Å². The molecule has 1 heterocycles. The van der Waals surface area contributed by atoms with E-state index in [4.69, 9.17) is 9.47 Å². The number of fused-ring (bicyclic) bond motifs is 1. The van der Waals surface area contributed by atoms with Gasteiger partial charge in [-0.1, -0.05) is 12.1 Å². The average molecular weight is 491 g/mol. The zero-order valence-corrected chi connectivity index (χ0v) is 20.2. The van der Waals surface area contributed by atoms with Crippen molar-refractivity contribution in [1.29, 1.82) is 0 Å². The Labute approximate surface area is 208 Å². The van der Waals surface area contributed by atoms with E-state index in [1.165, 1.54) is 19.1 Å². The molecule has 186 valence electrons. The molecule has 0 aliphatic carbocycles. The minimum absolute atomic E-state index is 0.126. The standard InChI is InChI=1S/C27H27FN4O4/c1-17(31-26(34)16-29-18(2)33)27(19-5-4-6-23(13-19)35-3)36-24-11-12-25-20(14-24)15-30-32(25)22-9-7-21(28)8-10-22/h4-15,17,27H,16H2,1-3H3,(H,29,33)(H,31,34)/t17-,27-/m0/s1. The molecule has 0 bridgehead atoms. The number of carbonyl (C=O) groups excluding carboxylic acids is 2. The van der Waals surface area contributed by atoms with Crippen molar-refractivity contribution < 1.29 is 23.5 Å². The van der Waals surface area contributed by atoms with Crippen molar-refractivity contribution in [2.45, 2.75) is 26.0 Å². The SMILES string of the molecule is COc1cccc([C@@H](Oc2ccc3c(cnn3-c3ccc(F)cc3)c2)[C@H](C)NC(=O)CNC(C)=O)c1. The van der Waals surface area contributed by atoms with Crippen molar-refractivity contribution in [3.8, 4) is 17.2 Å². The first kappa shape index (κ1) is 24.7. The highest BCUT2D eigenvalue weighted by Crippen LogP contribution is 2.30. The van der Waals surface area contributed by atoms with Crippen LogP contribution in [-0.2, 0) is 9.59 Å². The summed E-state index contributed by atoms with van der Waals surface area (Å²) in [5.74, 6) is 0.316. The fraction of sp³-hybridized carbons (Fsp3) is 0.222. The highest BCUT2D eigenvalue weighted by molar-refractivity contribution is 5.84. The lowest BCUT2D eigenvalue weighted by Crippen LogP contribution is -2.44. The Morgan fingerprint density at radius 1 is 1.06 bits per heavy atom. The molecule has 0 saturated carbocycles. The van der Waals surface area contributed by atoms with Gasteiger partial charge >= 0.3 is 0 Å². The minimum Gasteiger partial charge on any atom is -0.497 e. The van der Waals surface area contributed by atoms with Crippen LogP contribution in [0.25, 0.3) is 16.6 Å². The van der Waals surface area contributed by atoms with E-state index in [9.17, 15) is 14.0 Å². The molecule has 0 radical (unpaired) electrons. The molecule has 36 heavy (non-hydrogen) atoms. The number of aromatic nitrogens is 2. The van der Waals surface area contributed by atoms with E-state index < -0.39 is 12.1 Å². The third-order valence-corrected chi connectivity index (χ3v) is 5.64. The zero-order valence-electron chi connectivity index (χ0n) is 20.2. The second kappa shape index (κ2) is 10.9. The van der Waals surface area contributed by atoms with E-state index in [2.05, 4.69) is 15.7 Å². The van der Waals surface area contributed by atoms with Crippen molar-refractivity contribution >= 4 is 22.7 Å². The summed E-state index contributed by atoms with van der Waals surface area (Å²) >= 11 is 0. The molecular formula is C27H27FN4O4. The molecule has 1 aromatic heterocycles. The fourth-order valence-corrected chi connectivity index (χ4v) is 3.88. The van der Waals surface area contributed by atoms with E-state index in [0.717, 1.165) is 22.2 Å². The van der Waals surface area contributed by atoms with Gasteiger partial charge in [0.2, 0.25) is 11.8 Å². The van der Waals surface area contributed by atoms with E-state index >= 15 is 0 Å². The maximum Gasteiger partial charge on any atom is 0.239 e. The largest absolute Gasteiger partial charge is 0.497 e. The highest BCUT2D eigenvalue weighted by Gasteiger charge is 2.24. The molecule has 0 unspecified atom stereocenters. The number of rotatable bonds is 9. The summed E-state index contributed by atoms with van der Waals surface area (Å²) in [7, 11) is 1.58. The van der Waals surface area contributed by atoms with Gasteiger partial charge in [0, 0.05) is 12.3 Å². The molecular weight excluding hydrogens is 463 g/mol. The molecule has 0 spiro atoms. The Balaban J connectivity index is 1.60. The number of carbonyl (C=O) groups is 2. The van der Waals surface area contributed by atoms with Crippen LogP contribution >= 0.6 is 0 Å². The van der Waals surface area contributed by atoms with Crippen molar-refractivity contribution in [3.63, 3.8) is 0 Å². The molecule has 8 nitrogen and oxygen atoms in total. The Bertz CT molecular complexity index is 1370. The molecule has 0 fully saturated rings. The van der Waals surface area contributed by atoms with Crippen molar-refractivity contribution in [2.24, 2.45) is 0 Å². The van der Waals surface area contributed by atoms with Gasteiger partial charge in [0.15, 0.2) is 0 Å². The number of nitrogens with zero attached hydrogens (tertiary/aromatic N) is 2. The Kier molecular flexibility index (Phi) is 7.48. The monoisotopic (exact) mass is 490 g/mol. The van der Waals surface area contributed by atoms with Crippen LogP contribution in [0.2, 0.25) is 0 Å². The summed E-state index contributed by atoms with van der Waals surface area (Å²) < 4.78 is 26.8. The van der Waals surface area contributed by atoms with Gasteiger partial charge in [-0.3, -0.25) is 9.59 Å². The Hall–Kier alpha value is -4.40. The van der Waals surface area contributed by atoms with Crippen LogP contribution in [-0.4, -0.2) is 41.3 Å². The summed E-state index contributed by atoms with van der Waals surface area (Å²) in [5.41, 5.74) is 2.39. The van der Waals surface area contributed by atoms with Crippen LogP contribution < -0.4 is 20.1 Å². The maximum absolute atomic E-state index is 13.3. The van der Waals surface area contributed by atoms with E-state index in [0.29, 0.717) is 11.5 Å². The Morgan fingerprint density at radius 2 is 1.83 bits per heavy atom. The van der Waals surface area contributed by atoms with Gasteiger partial charge in [-0.05, 0) is 67.1 Å². The summed E-state index contributed by atoms with van der Waals surface area (Å²) in [6.45, 7) is 3.06. The van der Waals surface area contributed by atoms with Gasteiger partial charge in [-0.2, -0.15) is 5.10 Å². The number of hydrogen-bond donors (Lipinski definition) is 2. The van der Waals surface area contributed by atoms with Crippen LogP contribution in [0, 0.1) is 5.82 Å². The number of methoxy groups -OCH3 is 1. The van der Waals surface area contributed by atoms with Gasteiger partial charge in [-0.25, -0.2) is 9.07 Å². The first-order valence-electron chi connectivity index (χ1n) is 11.4. The third kappa shape index (κ3) is 5.80. The minimum atomic E-state index is -0.550. The number of halogens is 1. The van der Waals surface area contributed by atoms with Crippen molar-refractivity contribution in [2.75, 3.05) is 13.7 Å². The quantitative estimate of drug-likeness (QED) is 0.371. The van der Waals surface area contributed by atoms with Gasteiger partial charge in [0.05, 0.1) is 37.1 Å². The van der Waals surface area contributed by atoms with Crippen LogP contribution in [0.4, 0.5) is 4.39 Å². The van der Waals surface area contributed by atoms with Crippen LogP contribution in [0.5, 0.6) is 11.5 Å². The molecule has 2 atom stereocenters. The molecule has 3 aromatic carbocycles. The zero-order chi connectivity index (χ0) is 25.7. The van der Waals surface area contributed by atoms with Crippen molar-refractivity contribution in [3.05, 3.63) is 84.3 Å². The summed E-state index contributed by atoms with van der Waals surface area (Å²) in [6.07, 6.45) is 1.16. The predicted octanol–water partition coefficient (Wildman–Crippen LogP) is 3.93. The number of benzene rings is 3.